The Bertz CT molecular complexity index is 1040. The van der Waals surface area contributed by atoms with E-state index in [-0.39, 0.29) is 5.56 Å². The molecule has 0 aliphatic carbocycles. The first-order valence-electron chi connectivity index (χ1n) is 8.64. The first-order chi connectivity index (χ1) is 13.0. The summed E-state index contributed by atoms with van der Waals surface area (Å²) < 4.78 is 2.22. The lowest BCUT2D eigenvalue weighted by molar-refractivity contribution is -0.255. The second-order valence-corrected chi connectivity index (χ2v) is 6.43. The molecule has 0 amide bonds. The lowest BCUT2D eigenvalue weighted by Crippen LogP contribution is -2.21. The number of hydrogen-bond acceptors (Lipinski definition) is 3. The van der Waals surface area contributed by atoms with E-state index in [1.165, 1.54) is 17.7 Å². The fourth-order valence-corrected chi connectivity index (χ4v) is 3.10. The van der Waals surface area contributed by atoms with Crippen LogP contribution in [0.3, 0.4) is 0 Å². The van der Waals surface area contributed by atoms with E-state index in [1.54, 1.807) is 12.1 Å². The molecule has 0 spiro atoms. The van der Waals surface area contributed by atoms with Gasteiger partial charge in [0.25, 0.3) is 0 Å². The van der Waals surface area contributed by atoms with Crippen LogP contribution in [0.15, 0.2) is 60.7 Å². The molecule has 27 heavy (non-hydrogen) atoms. The molecule has 0 aliphatic heterocycles. The summed E-state index contributed by atoms with van der Waals surface area (Å²) in [5.41, 5.74) is 5.65. The summed E-state index contributed by atoms with van der Waals surface area (Å²) in [6, 6.07) is 20.7. The summed E-state index contributed by atoms with van der Waals surface area (Å²) in [6.45, 7) is 4.86. The predicted octanol–water partition coefficient (Wildman–Crippen LogP) is 3.58. The van der Waals surface area contributed by atoms with Crippen molar-refractivity contribution in [2.24, 2.45) is 0 Å². The highest BCUT2D eigenvalue weighted by molar-refractivity contribution is 5.92. The number of carboxylic acid groups (broad SMARTS) is 1. The maximum absolute atomic E-state index is 10.9. The number of benzene rings is 2. The van der Waals surface area contributed by atoms with E-state index in [0.717, 1.165) is 23.5 Å². The van der Waals surface area contributed by atoms with Crippen molar-refractivity contribution in [3.8, 4) is 6.07 Å². The third kappa shape index (κ3) is 3.99. The molecule has 0 N–H and O–H groups in total. The van der Waals surface area contributed by atoms with Gasteiger partial charge in [-0.25, -0.2) is 0 Å². The van der Waals surface area contributed by atoms with Gasteiger partial charge in [0.1, 0.15) is 0 Å². The van der Waals surface area contributed by atoms with Crippen LogP contribution in [0.4, 0.5) is 0 Å². The first kappa shape index (κ1) is 18.2. The average molecular weight is 355 g/mol. The molecule has 4 nitrogen and oxygen atoms in total. The van der Waals surface area contributed by atoms with Crippen molar-refractivity contribution < 1.29 is 9.90 Å². The molecule has 3 rings (SSSR count). The molecule has 3 aromatic rings. The molecule has 0 atom stereocenters. The molecule has 0 saturated carbocycles. The van der Waals surface area contributed by atoms with Crippen molar-refractivity contribution in [2.45, 2.75) is 20.4 Å². The number of rotatable bonds is 5. The Morgan fingerprint density at radius 1 is 1.07 bits per heavy atom. The van der Waals surface area contributed by atoms with E-state index in [4.69, 9.17) is 0 Å². The lowest BCUT2D eigenvalue weighted by atomic mass is 10.0. The van der Waals surface area contributed by atoms with Crippen molar-refractivity contribution in [1.29, 1.82) is 5.26 Å². The number of hydrogen-bond donors (Lipinski definition) is 0. The predicted molar refractivity (Wildman–Crippen MR) is 104 cm³/mol. The number of carboxylic acids is 1. The molecule has 0 fully saturated rings. The smallest absolute Gasteiger partial charge is 0.0998 e. The molecule has 0 unspecified atom stereocenters. The maximum atomic E-state index is 10.9. The van der Waals surface area contributed by atoms with E-state index in [9.17, 15) is 15.2 Å². The second-order valence-electron chi connectivity index (χ2n) is 6.43. The number of allylic oxidation sites excluding steroid dienone is 1. The molecule has 0 aliphatic rings. The van der Waals surface area contributed by atoms with Crippen LogP contribution in [-0.2, 0) is 6.54 Å². The number of aromatic nitrogens is 1. The standard InChI is InChI=1S/C23H20N2O2/c1-16-12-21(17(2)25(16)15-18-6-4-3-5-7-18)13-22(14-24)19-8-10-20(11-9-19)23(26)27/h3-13H,15H2,1-2H3,(H,26,27)/p-1/b22-13-. The highest BCUT2D eigenvalue weighted by atomic mass is 16.4. The van der Waals surface area contributed by atoms with Crippen molar-refractivity contribution >= 4 is 17.6 Å². The second kappa shape index (κ2) is 7.76. The number of aromatic carboxylic acids is 1. The van der Waals surface area contributed by atoms with Crippen LogP contribution in [0, 0.1) is 25.2 Å². The van der Waals surface area contributed by atoms with Gasteiger partial charge in [0.2, 0.25) is 0 Å². The Labute approximate surface area is 158 Å². The first-order valence-corrected chi connectivity index (χ1v) is 8.64. The summed E-state index contributed by atoms with van der Waals surface area (Å²) in [5.74, 6) is -1.23. The van der Waals surface area contributed by atoms with Crippen molar-refractivity contribution in [1.82, 2.24) is 4.57 Å². The maximum Gasteiger partial charge on any atom is 0.0998 e. The number of carbonyl (C=O) groups is 1. The normalized spacial score (nSPS) is 11.2. The molecule has 134 valence electrons. The van der Waals surface area contributed by atoms with Crippen LogP contribution in [0.2, 0.25) is 0 Å². The molecule has 1 aromatic heterocycles. The molecule has 0 bridgehead atoms. The van der Waals surface area contributed by atoms with E-state index in [2.05, 4.69) is 28.8 Å². The summed E-state index contributed by atoms with van der Waals surface area (Å²) in [6.07, 6.45) is 1.85. The molecule has 2 aromatic carbocycles. The Morgan fingerprint density at radius 3 is 2.30 bits per heavy atom. The van der Waals surface area contributed by atoms with Crippen LogP contribution in [0.1, 0.15) is 38.4 Å². The SMILES string of the molecule is Cc1cc(/C=C(/C#N)c2ccc(C(=O)[O-])cc2)c(C)n1Cc1ccccc1. The van der Waals surface area contributed by atoms with Gasteiger partial charge in [-0.3, -0.25) is 0 Å². The van der Waals surface area contributed by atoms with Gasteiger partial charge in [0.15, 0.2) is 0 Å². The molecule has 4 heteroatoms. The number of nitrogens with zero attached hydrogens (tertiary/aromatic N) is 2. The highest BCUT2D eigenvalue weighted by Gasteiger charge is 2.10. The van der Waals surface area contributed by atoms with Gasteiger partial charge < -0.3 is 14.5 Å². The number of nitriles is 1. The van der Waals surface area contributed by atoms with E-state index in [1.807, 2.05) is 38.1 Å². The zero-order chi connectivity index (χ0) is 19.4. The molecule has 0 saturated heterocycles. The average Bonchev–Trinajstić information content (AvgIpc) is 2.94. The Hall–Kier alpha value is -3.58. The molecular weight excluding hydrogens is 336 g/mol. The van der Waals surface area contributed by atoms with Crippen molar-refractivity contribution in [3.63, 3.8) is 0 Å². The van der Waals surface area contributed by atoms with Gasteiger partial charge in [-0.15, -0.1) is 0 Å². The minimum Gasteiger partial charge on any atom is -0.545 e. The Balaban J connectivity index is 1.94. The molecular formula is C23H19N2O2-. The third-order valence-electron chi connectivity index (χ3n) is 4.65. The summed E-state index contributed by atoms with van der Waals surface area (Å²) >= 11 is 0. The topological polar surface area (TPSA) is 68.8 Å². The molecule has 0 radical (unpaired) electrons. The monoisotopic (exact) mass is 355 g/mol. The summed E-state index contributed by atoms with van der Waals surface area (Å²) in [5, 5.41) is 20.5. The largest absolute Gasteiger partial charge is 0.545 e. The zero-order valence-electron chi connectivity index (χ0n) is 15.3. The minimum absolute atomic E-state index is 0.0945. The van der Waals surface area contributed by atoms with Gasteiger partial charge in [-0.1, -0.05) is 54.6 Å². The lowest BCUT2D eigenvalue weighted by Gasteiger charge is -2.09. The van der Waals surface area contributed by atoms with Crippen LogP contribution < -0.4 is 5.11 Å². The summed E-state index contributed by atoms with van der Waals surface area (Å²) in [7, 11) is 0. The molecule has 1 heterocycles. The van der Waals surface area contributed by atoms with Crippen molar-refractivity contribution in [3.05, 3.63) is 94.3 Å². The van der Waals surface area contributed by atoms with Gasteiger partial charge >= 0.3 is 0 Å². The minimum atomic E-state index is -1.23. The Kier molecular flexibility index (Phi) is 5.23. The van der Waals surface area contributed by atoms with E-state index >= 15 is 0 Å². The fourth-order valence-electron chi connectivity index (χ4n) is 3.10. The van der Waals surface area contributed by atoms with Crippen LogP contribution in [-0.4, -0.2) is 10.5 Å². The van der Waals surface area contributed by atoms with Crippen molar-refractivity contribution in [2.75, 3.05) is 0 Å². The van der Waals surface area contributed by atoms with Gasteiger partial charge in [-0.2, -0.15) is 5.26 Å². The van der Waals surface area contributed by atoms with Crippen LogP contribution in [0.5, 0.6) is 0 Å². The zero-order valence-corrected chi connectivity index (χ0v) is 15.3. The van der Waals surface area contributed by atoms with Crippen LogP contribution >= 0.6 is 0 Å². The van der Waals surface area contributed by atoms with Gasteiger partial charge in [-0.05, 0) is 48.2 Å². The third-order valence-corrected chi connectivity index (χ3v) is 4.65. The van der Waals surface area contributed by atoms with Crippen LogP contribution in [0.25, 0.3) is 11.6 Å². The number of aryl methyl sites for hydroxylation is 1. The van der Waals surface area contributed by atoms with E-state index in [0.29, 0.717) is 11.1 Å². The fraction of sp³-hybridized carbons (Fsp3) is 0.130. The Morgan fingerprint density at radius 2 is 1.70 bits per heavy atom. The van der Waals surface area contributed by atoms with E-state index < -0.39 is 5.97 Å². The number of carbonyl (C=O) groups excluding carboxylic acids is 1. The van der Waals surface area contributed by atoms with Gasteiger partial charge in [0, 0.05) is 17.9 Å². The quantitative estimate of drug-likeness (QED) is 0.657. The van der Waals surface area contributed by atoms with Gasteiger partial charge in [0.05, 0.1) is 17.6 Å². The summed E-state index contributed by atoms with van der Waals surface area (Å²) in [4.78, 5) is 10.9. The highest BCUT2D eigenvalue weighted by Crippen LogP contribution is 2.23.